The van der Waals surface area contributed by atoms with Crippen LogP contribution in [0.3, 0.4) is 0 Å². The molecular weight excluding hydrogens is 344 g/mol. The lowest BCUT2D eigenvalue weighted by molar-refractivity contribution is -0.119. The number of nitrogens with one attached hydrogen (secondary N) is 2. The number of anilines is 2. The summed E-state index contributed by atoms with van der Waals surface area (Å²) in [4.78, 5) is 12.1. The summed E-state index contributed by atoms with van der Waals surface area (Å²) in [6.45, 7) is 3.67. The number of fused-ring (bicyclic) bond motifs is 2. The molecule has 0 aliphatic carbocycles. The van der Waals surface area contributed by atoms with E-state index in [0.29, 0.717) is 22.9 Å². The fourth-order valence-electron chi connectivity index (χ4n) is 2.89. The first-order valence-corrected chi connectivity index (χ1v) is 9.14. The number of rotatable bonds is 3. The minimum absolute atomic E-state index is 0.0747. The molecule has 0 atom stereocenters. The summed E-state index contributed by atoms with van der Waals surface area (Å²) in [6.07, 6.45) is 0. The zero-order valence-corrected chi connectivity index (χ0v) is 14.4. The number of hydrogen-bond donors (Lipinski definition) is 2. The maximum absolute atomic E-state index is 12.6. The normalized spacial score (nSPS) is 17.1. The highest BCUT2D eigenvalue weighted by atomic mass is 32.2. The predicted molar refractivity (Wildman–Crippen MR) is 91.5 cm³/mol. The Hall–Kier alpha value is -2.74. The van der Waals surface area contributed by atoms with Crippen molar-refractivity contribution in [2.75, 3.05) is 16.8 Å². The third kappa shape index (κ3) is 2.49. The van der Waals surface area contributed by atoms with Crippen LogP contribution in [0.5, 0.6) is 11.5 Å². The number of benzene rings is 2. The van der Waals surface area contributed by atoms with Crippen molar-refractivity contribution in [1.29, 1.82) is 0 Å². The molecule has 0 saturated carbocycles. The summed E-state index contributed by atoms with van der Waals surface area (Å²) in [5.74, 6) is 0.800. The molecule has 0 fully saturated rings. The Kier molecular flexibility index (Phi) is 3.23. The van der Waals surface area contributed by atoms with Crippen molar-refractivity contribution in [2.45, 2.75) is 24.2 Å². The van der Waals surface area contributed by atoms with Gasteiger partial charge >= 0.3 is 0 Å². The molecule has 2 aromatic rings. The molecule has 8 heteroatoms. The first-order valence-electron chi connectivity index (χ1n) is 7.66. The molecule has 0 radical (unpaired) electrons. The van der Waals surface area contributed by atoms with Gasteiger partial charge in [0.05, 0.1) is 10.3 Å². The molecule has 130 valence electrons. The fraction of sp³-hybridized carbons (Fsp3) is 0.235. The van der Waals surface area contributed by atoms with E-state index in [9.17, 15) is 13.2 Å². The molecule has 0 unspecified atom stereocenters. The second-order valence-corrected chi connectivity index (χ2v) is 8.14. The van der Waals surface area contributed by atoms with E-state index in [1.807, 2.05) is 0 Å². The van der Waals surface area contributed by atoms with Crippen molar-refractivity contribution in [3.8, 4) is 11.5 Å². The van der Waals surface area contributed by atoms with Crippen molar-refractivity contribution in [3.05, 3.63) is 42.0 Å². The summed E-state index contributed by atoms with van der Waals surface area (Å²) < 4.78 is 38.2. The molecule has 0 saturated heterocycles. The van der Waals surface area contributed by atoms with Gasteiger partial charge in [-0.15, -0.1) is 0 Å². The molecule has 4 rings (SSSR count). The quantitative estimate of drug-likeness (QED) is 0.877. The van der Waals surface area contributed by atoms with Crippen molar-refractivity contribution >= 4 is 27.3 Å². The van der Waals surface area contributed by atoms with E-state index < -0.39 is 15.4 Å². The van der Waals surface area contributed by atoms with E-state index in [1.54, 1.807) is 38.1 Å². The molecule has 25 heavy (non-hydrogen) atoms. The highest BCUT2D eigenvalue weighted by Crippen LogP contribution is 2.39. The predicted octanol–water partition coefficient (Wildman–Crippen LogP) is 2.45. The molecule has 7 nitrogen and oxygen atoms in total. The number of ether oxygens (including phenoxy) is 2. The van der Waals surface area contributed by atoms with Gasteiger partial charge in [-0.25, -0.2) is 8.42 Å². The molecule has 2 N–H and O–H groups in total. The zero-order chi connectivity index (χ0) is 17.8. The Bertz CT molecular complexity index is 998. The maximum atomic E-state index is 12.6. The SMILES string of the molecule is CC1(C)C(=O)Nc2ccc(NS(=O)(=O)c3ccc4c(c3)OCO4)cc21. The van der Waals surface area contributed by atoms with Gasteiger partial charge in [0.15, 0.2) is 11.5 Å². The van der Waals surface area contributed by atoms with Gasteiger partial charge in [0.25, 0.3) is 10.0 Å². The Morgan fingerprint density at radius 1 is 1.08 bits per heavy atom. The molecule has 2 aromatic carbocycles. The minimum atomic E-state index is -3.79. The van der Waals surface area contributed by atoms with Crippen LogP contribution in [0.25, 0.3) is 0 Å². The van der Waals surface area contributed by atoms with Crippen LogP contribution in [0, 0.1) is 0 Å². The molecule has 2 aliphatic rings. The first kappa shape index (κ1) is 15.8. The largest absolute Gasteiger partial charge is 0.454 e. The van der Waals surface area contributed by atoms with E-state index in [-0.39, 0.29) is 17.6 Å². The third-order valence-corrected chi connectivity index (χ3v) is 5.79. The standard InChI is InChI=1S/C17H16N2O5S/c1-17(2)12-7-10(3-5-13(12)18-16(17)20)19-25(21,22)11-4-6-14-15(8-11)24-9-23-14/h3-8,19H,9H2,1-2H3,(H,18,20). The van der Waals surface area contributed by atoms with Gasteiger partial charge in [0.2, 0.25) is 12.7 Å². The van der Waals surface area contributed by atoms with Crippen LogP contribution >= 0.6 is 0 Å². The number of carbonyl (C=O) groups is 1. The van der Waals surface area contributed by atoms with Gasteiger partial charge < -0.3 is 14.8 Å². The first-order chi connectivity index (χ1) is 11.8. The van der Waals surface area contributed by atoms with Crippen LogP contribution in [-0.2, 0) is 20.2 Å². The van der Waals surface area contributed by atoms with Crippen LogP contribution < -0.4 is 19.5 Å². The Morgan fingerprint density at radius 3 is 2.64 bits per heavy atom. The van der Waals surface area contributed by atoms with Crippen molar-refractivity contribution in [1.82, 2.24) is 0 Å². The summed E-state index contributed by atoms with van der Waals surface area (Å²) >= 11 is 0. The lowest BCUT2D eigenvalue weighted by Gasteiger charge is -2.16. The number of amides is 1. The molecule has 2 heterocycles. The van der Waals surface area contributed by atoms with Crippen LogP contribution in [0.2, 0.25) is 0 Å². The van der Waals surface area contributed by atoms with Gasteiger partial charge in [-0.3, -0.25) is 9.52 Å². The Morgan fingerprint density at radius 2 is 1.84 bits per heavy atom. The van der Waals surface area contributed by atoms with Crippen LogP contribution in [0.4, 0.5) is 11.4 Å². The number of carbonyl (C=O) groups excluding carboxylic acids is 1. The van der Waals surface area contributed by atoms with Crippen molar-refractivity contribution < 1.29 is 22.7 Å². The molecule has 0 aromatic heterocycles. The van der Waals surface area contributed by atoms with Gasteiger partial charge in [0, 0.05) is 17.4 Å². The molecule has 0 bridgehead atoms. The second-order valence-electron chi connectivity index (χ2n) is 6.46. The second kappa shape index (κ2) is 5.13. The summed E-state index contributed by atoms with van der Waals surface area (Å²) in [5, 5.41) is 2.79. The maximum Gasteiger partial charge on any atom is 0.262 e. The third-order valence-electron chi connectivity index (χ3n) is 4.42. The monoisotopic (exact) mass is 360 g/mol. The van der Waals surface area contributed by atoms with Gasteiger partial charge in [-0.2, -0.15) is 0 Å². The lowest BCUT2D eigenvalue weighted by atomic mass is 9.86. The van der Waals surface area contributed by atoms with Crippen molar-refractivity contribution in [2.24, 2.45) is 0 Å². The summed E-state index contributed by atoms with van der Waals surface area (Å²) in [5.41, 5.74) is 1.13. The number of hydrogen-bond acceptors (Lipinski definition) is 5. The topological polar surface area (TPSA) is 93.7 Å². The molecule has 0 spiro atoms. The average Bonchev–Trinajstić information content (AvgIpc) is 3.10. The van der Waals surface area contributed by atoms with Crippen LogP contribution in [0.1, 0.15) is 19.4 Å². The van der Waals surface area contributed by atoms with Crippen LogP contribution in [0.15, 0.2) is 41.3 Å². The van der Waals surface area contributed by atoms with E-state index in [4.69, 9.17) is 9.47 Å². The molecule has 2 aliphatic heterocycles. The van der Waals surface area contributed by atoms with E-state index in [0.717, 1.165) is 5.56 Å². The number of sulfonamides is 1. The summed E-state index contributed by atoms with van der Waals surface area (Å²) in [6, 6.07) is 9.43. The zero-order valence-electron chi connectivity index (χ0n) is 13.6. The Labute approximate surface area is 145 Å². The fourth-order valence-corrected chi connectivity index (χ4v) is 3.96. The van der Waals surface area contributed by atoms with Crippen LogP contribution in [-0.4, -0.2) is 21.1 Å². The Balaban J connectivity index is 1.66. The molecular formula is C17H16N2O5S. The van der Waals surface area contributed by atoms with Crippen molar-refractivity contribution in [3.63, 3.8) is 0 Å². The summed E-state index contributed by atoms with van der Waals surface area (Å²) in [7, 11) is -3.79. The highest BCUT2D eigenvalue weighted by molar-refractivity contribution is 7.92. The van der Waals surface area contributed by atoms with Gasteiger partial charge in [-0.05, 0) is 49.7 Å². The minimum Gasteiger partial charge on any atom is -0.454 e. The van der Waals surface area contributed by atoms with E-state index in [2.05, 4.69) is 10.0 Å². The van der Waals surface area contributed by atoms with Gasteiger partial charge in [-0.1, -0.05) is 0 Å². The smallest absolute Gasteiger partial charge is 0.262 e. The van der Waals surface area contributed by atoms with E-state index in [1.165, 1.54) is 12.1 Å². The highest BCUT2D eigenvalue weighted by Gasteiger charge is 2.38. The molecule has 1 amide bonds. The average molecular weight is 360 g/mol. The van der Waals surface area contributed by atoms with Gasteiger partial charge in [0.1, 0.15) is 0 Å². The lowest BCUT2D eigenvalue weighted by Crippen LogP contribution is -2.26. The van der Waals surface area contributed by atoms with E-state index >= 15 is 0 Å².